The van der Waals surface area contributed by atoms with E-state index in [1.54, 1.807) is 24.3 Å². The second-order valence-electron chi connectivity index (χ2n) is 5.21. The van der Waals surface area contributed by atoms with Crippen molar-refractivity contribution in [1.29, 1.82) is 0 Å². The van der Waals surface area contributed by atoms with E-state index < -0.39 is 34.3 Å². The van der Waals surface area contributed by atoms with Gasteiger partial charge < -0.3 is 10.5 Å². The molecule has 8 nitrogen and oxygen atoms in total. The first-order valence-corrected chi connectivity index (χ1v) is 8.74. The lowest BCUT2D eigenvalue weighted by molar-refractivity contribution is -0.123. The van der Waals surface area contributed by atoms with Crippen LogP contribution >= 0.6 is 0 Å². The van der Waals surface area contributed by atoms with Crippen molar-refractivity contribution in [2.75, 3.05) is 12.8 Å². The normalized spacial score (nSPS) is 21.2. The topological polar surface area (TPSA) is 116 Å². The zero-order valence-electron chi connectivity index (χ0n) is 12.5. The molecule has 2 amide bonds. The van der Waals surface area contributed by atoms with E-state index in [0.717, 1.165) is 16.7 Å². The summed E-state index contributed by atoms with van der Waals surface area (Å²) < 4.78 is 32.4. The van der Waals surface area contributed by atoms with Crippen molar-refractivity contribution in [2.45, 2.75) is 25.2 Å². The van der Waals surface area contributed by atoms with Gasteiger partial charge in [-0.15, -0.1) is 0 Å². The van der Waals surface area contributed by atoms with E-state index >= 15 is 0 Å². The smallest absolute Gasteiger partial charge is 0.410 e. The van der Waals surface area contributed by atoms with Crippen molar-refractivity contribution >= 4 is 22.1 Å². The summed E-state index contributed by atoms with van der Waals surface area (Å²) in [5.41, 5.74) is 6.07. The molecule has 1 fully saturated rings. The first kappa shape index (κ1) is 17.2. The SMILES string of the molecule is CS(=O)(=O)O[C@H]1CCN(C(=O)OCc2ccccc2)[C@@H]1C(N)=O. The lowest BCUT2D eigenvalue weighted by Crippen LogP contribution is -2.49. The molecule has 0 aromatic heterocycles. The number of carbonyl (C=O) groups excluding carboxylic acids is 2. The van der Waals surface area contributed by atoms with Crippen LogP contribution in [0.3, 0.4) is 0 Å². The zero-order valence-corrected chi connectivity index (χ0v) is 13.4. The second kappa shape index (κ2) is 6.97. The summed E-state index contributed by atoms with van der Waals surface area (Å²) in [7, 11) is -3.76. The maximum atomic E-state index is 12.1. The summed E-state index contributed by atoms with van der Waals surface area (Å²) in [6, 6.07) is 7.86. The average molecular weight is 342 g/mol. The molecule has 0 aliphatic carbocycles. The van der Waals surface area contributed by atoms with Gasteiger partial charge >= 0.3 is 6.09 Å². The molecule has 2 atom stereocenters. The minimum absolute atomic E-state index is 0.0409. The number of nitrogens with zero attached hydrogens (tertiary/aromatic N) is 1. The molecular weight excluding hydrogens is 324 g/mol. The summed E-state index contributed by atoms with van der Waals surface area (Å²) in [6.07, 6.45) is -0.674. The fraction of sp³-hybridized carbons (Fsp3) is 0.429. The van der Waals surface area contributed by atoms with E-state index in [2.05, 4.69) is 0 Å². The highest BCUT2D eigenvalue weighted by Crippen LogP contribution is 2.23. The van der Waals surface area contributed by atoms with Gasteiger partial charge in [-0.1, -0.05) is 30.3 Å². The van der Waals surface area contributed by atoms with Crippen molar-refractivity contribution in [2.24, 2.45) is 5.73 Å². The lowest BCUT2D eigenvalue weighted by atomic mass is 10.1. The van der Waals surface area contributed by atoms with Gasteiger partial charge in [-0.2, -0.15) is 8.42 Å². The minimum atomic E-state index is -3.76. The molecule has 9 heteroatoms. The number of amides is 2. The van der Waals surface area contributed by atoms with Crippen LogP contribution in [0.25, 0.3) is 0 Å². The highest BCUT2D eigenvalue weighted by atomic mass is 32.2. The Morgan fingerprint density at radius 3 is 2.52 bits per heavy atom. The van der Waals surface area contributed by atoms with E-state index in [0.29, 0.717) is 0 Å². The molecule has 1 heterocycles. The van der Waals surface area contributed by atoms with Gasteiger partial charge in [0.1, 0.15) is 18.8 Å². The van der Waals surface area contributed by atoms with E-state index in [4.69, 9.17) is 14.7 Å². The zero-order chi connectivity index (χ0) is 17.0. The Balaban J connectivity index is 2.03. The Hall–Kier alpha value is -2.13. The molecule has 1 saturated heterocycles. The Labute approximate surface area is 134 Å². The number of likely N-dealkylation sites (tertiary alicyclic amines) is 1. The maximum absolute atomic E-state index is 12.1. The predicted octanol–water partition coefficient (Wildman–Crippen LogP) is 0.228. The number of primary amides is 1. The van der Waals surface area contributed by atoms with Crippen molar-refractivity contribution in [3.8, 4) is 0 Å². The van der Waals surface area contributed by atoms with Crippen LogP contribution in [0, 0.1) is 0 Å². The summed E-state index contributed by atoms with van der Waals surface area (Å²) in [4.78, 5) is 24.8. The fourth-order valence-electron chi connectivity index (χ4n) is 2.43. The molecule has 2 rings (SSSR count). The lowest BCUT2D eigenvalue weighted by Gasteiger charge is -2.24. The highest BCUT2D eigenvalue weighted by Gasteiger charge is 2.44. The highest BCUT2D eigenvalue weighted by molar-refractivity contribution is 7.86. The summed E-state index contributed by atoms with van der Waals surface area (Å²) in [6.45, 7) is 0.167. The monoisotopic (exact) mass is 342 g/mol. The van der Waals surface area contributed by atoms with Gasteiger partial charge in [-0.05, 0) is 12.0 Å². The van der Waals surface area contributed by atoms with Crippen LogP contribution in [0.4, 0.5) is 4.79 Å². The largest absolute Gasteiger partial charge is 0.445 e. The van der Waals surface area contributed by atoms with Crippen LogP contribution in [0.5, 0.6) is 0 Å². The predicted molar refractivity (Wildman–Crippen MR) is 80.6 cm³/mol. The molecule has 0 radical (unpaired) electrons. The van der Waals surface area contributed by atoms with Gasteiger partial charge in [0.05, 0.1) is 6.26 Å². The third-order valence-electron chi connectivity index (χ3n) is 3.37. The Morgan fingerprint density at radius 2 is 1.96 bits per heavy atom. The van der Waals surface area contributed by atoms with E-state index in [9.17, 15) is 18.0 Å². The standard InChI is InChI=1S/C14H18N2O6S/c1-23(19,20)22-11-7-8-16(12(11)13(15)17)14(18)21-9-10-5-3-2-4-6-10/h2-6,11-12H,7-9H2,1H3,(H2,15,17)/t11-,12-/m0/s1. The number of benzene rings is 1. The Morgan fingerprint density at radius 1 is 1.30 bits per heavy atom. The molecule has 1 aromatic carbocycles. The first-order valence-electron chi connectivity index (χ1n) is 6.93. The van der Waals surface area contributed by atoms with Gasteiger partial charge in [-0.3, -0.25) is 13.9 Å². The van der Waals surface area contributed by atoms with Gasteiger partial charge in [0.2, 0.25) is 5.91 Å². The van der Waals surface area contributed by atoms with Crippen LogP contribution in [0.2, 0.25) is 0 Å². The molecule has 1 aliphatic rings. The van der Waals surface area contributed by atoms with Crippen LogP contribution in [-0.4, -0.2) is 50.3 Å². The van der Waals surface area contributed by atoms with Crippen molar-refractivity contribution in [3.63, 3.8) is 0 Å². The van der Waals surface area contributed by atoms with Gasteiger partial charge in [0.15, 0.2) is 0 Å². The third kappa shape index (κ3) is 4.67. The van der Waals surface area contributed by atoms with Crippen molar-refractivity contribution < 1.29 is 26.9 Å². The van der Waals surface area contributed by atoms with E-state index in [1.165, 1.54) is 0 Å². The van der Waals surface area contributed by atoms with E-state index in [1.807, 2.05) is 6.07 Å². The number of hydrogen-bond acceptors (Lipinski definition) is 6. The molecule has 23 heavy (non-hydrogen) atoms. The van der Waals surface area contributed by atoms with Crippen molar-refractivity contribution in [3.05, 3.63) is 35.9 Å². The van der Waals surface area contributed by atoms with Gasteiger partial charge in [-0.25, -0.2) is 4.79 Å². The van der Waals surface area contributed by atoms with Crippen molar-refractivity contribution in [1.82, 2.24) is 4.90 Å². The van der Waals surface area contributed by atoms with Gasteiger partial charge in [0, 0.05) is 6.54 Å². The number of nitrogens with two attached hydrogens (primary N) is 1. The fourth-order valence-corrected chi connectivity index (χ4v) is 3.08. The summed E-state index contributed by atoms with van der Waals surface area (Å²) in [5, 5.41) is 0. The third-order valence-corrected chi connectivity index (χ3v) is 3.97. The van der Waals surface area contributed by atoms with Crippen LogP contribution in [-0.2, 0) is 30.4 Å². The molecular formula is C14H18N2O6S. The molecule has 0 unspecified atom stereocenters. The Bertz CT molecular complexity index is 676. The quantitative estimate of drug-likeness (QED) is 0.766. The molecule has 0 spiro atoms. The average Bonchev–Trinajstić information content (AvgIpc) is 2.87. The summed E-state index contributed by atoms with van der Waals surface area (Å²) in [5.74, 6) is -0.840. The van der Waals surface area contributed by atoms with Crippen LogP contribution in [0.15, 0.2) is 30.3 Å². The minimum Gasteiger partial charge on any atom is -0.445 e. The molecule has 126 valence electrons. The number of hydrogen-bond donors (Lipinski definition) is 1. The number of ether oxygens (including phenoxy) is 1. The van der Waals surface area contributed by atoms with Crippen LogP contribution in [0.1, 0.15) is 12.0 Å². The number of rotatable bonds is 5. The first-order chi connectivity index (χ1) is 10.8. The van der Waals surface area contributed by atoms with Crippen LogP contribution < -0.4 is 5.73 Å². The molecule has 0 saturated carbocycles. The molecule has 0 bridgehead atoms. The van der Waals surface area contributed by atoms with Gasteiger partial charge in [0.25, 0.3) is 10.1 Å². The summed E-state index contributed by atoms with van der Waals surface area (Å²) >= 11 is 0. The molecule has 2 N–H and O–H groups in total. The molecule has 1 aromatic rings. The molecule has 1 aliphatic heterocycles. The van der Waals surface area contributed by atoms with E-state index in [-0.39, 0.29) is 19.6 Å². The number of carbonyl (C=O) groups is 2. The maximum Gasteiger partial charge on any atom is 0.410 e. The Kier molecular flexibility index (Phi) is 5.22. The second-order valence-corrected chi connectivity index (χ2v) is 6.81.